The van der Waals surface area contributed by atoms with Crippen LogP contribution in [0.25, 0.3) is 0 Å². The number of aliphatic hydroxyl groups excluding tert-OH is 1. The van der Waals surface area contributed by atoms with Crippen LogP contribution in [0.1, 0.15) is 37.7 Å². The predicted octanol–water partition coefficient (Wildman–Crippen LogP) is 3.47. The minimum Gasteiger partial charge on any atom is -0.393 e. The molecule has 19 heavy (non-hydrogen) atoms. The summed E-state index contributed by atoms with van der Waals surface area (Å²) >= 11 is 5.93. The van der Waals surface area contributed by atoms with Crippen LogP contribution in [0.5, 0.6) is 0 Å². The molecule has 0 bridgehead atoms. The Morgan fingerprint density at radius 3 is 2.58 bits per heavy atom. The molecule has 1 aromatic rings. The normalized spacial score (nSPS) is 32.0. The molecule has 0 radical (unpaired) electrons. The minimum absolute atomic E-state index is 0.0733. The molecule has 1 heterocycles. The summed E-state index contributed by atoms with van der Waals surface area (Å²) in [4.78, 5) is 2.56. The molecule has 1 saturated heterocycles. The van der Waals surface area contributed by atoms with E-state index in [0.717, 1.165) is 24.5 Å². The molecule has 3 rings (SSSR count). The molecule has 1 aliphatic carbocycles. The largest absolute Gasteiger partial charge is 0.393 e. The summed E-state index contributed by atoms with van der Waals surface area (Å²) in [6, 6.07) is 8.73. The molecule has 3 heteroatoms. The van der Waals surface area contributed by atoms with E-state index in [-0.39, 0.29) is 6.10 Å². The van der Waals surface area contributed by atoms with Gasteiger partial charge in [0, 0.05) is 23.5 Å². The van der Waals surface area contributed by atoms with Crippen molar-refractivity contribution >= 4 is 11.6 Å². The topological polar surface area (TPSA) is 23.5 Å². The Balaban J connectivity index is 1.67. The molecule has 3 unspecified atom stereocenters. The monoisotopic (exact) mass is 279 g/mol. The average molecular weight is 280 g/mol. The molecule has 0 aromatic heterocycles. The second kappa shape index (κ2) is 5.82. The highest BCUT2D eigenvalue weighted by molar-refractivity contribution is 6.30. The number of halogens is 1. The zero-order chi connectivity index (χ0) is 13.2. The maximum Gasteiger partial charge on any atom is 0.0583 e. The molecule has 1 aromatic carbocycles. The van der Waals surface area contributed by atoms with Crippen molar-refractivity contribution in [1.29, 1.82) is 0 Å². The van der Waals surface area contributed by atoms with Crippen molar-refractivity contribution in [2.24, 2.45) is 5.92 Å². The molecular formula is C16H22ClNO. The molecule has 2 fully saturated rings. The van der Waals surface area contributed by atoms with Gasteiger partial charge in [-0.15, -0.1) is 0 Å². The Morgan fingerprint density at radius 1 is 1.11 bits per heavy atom. The lowest BCUT2D eigenvalue weighted by Gasteiger charge is -2.31. The van der Waals surface area contributed by atoms with Crippen LogP contribution in [-0.2, 0) is 6.54 Å². The van der Waals surface area contributed by atoms with Crippen LogP contribution < -0.4 is 0 Å². The Kier molecular flexibility index (Phi) is 4.11. The van der Waals surface area contributed by atoms with Gasteiger partial charge >= 0.3 is 0 Å². The standard InChI is InChI=1S/C16H22ClNO/c17-13-8-6-12(7-9-13)11-18-10-2-4-15(18)14-3-1-5-16(14)19/h6-9,14-16,19H,1-5,10-11H2. The fraction of sp³-hybridized carbons (Fsp3) is 0.625. The first-order valence-corrected chi connectivity index (χ1v) is 7.78. The zero-order valence-corrected chi connectivity index (χ0v) is 12.0. The third kappa shape index (κ3) is 2.96. The van der Waals surface area contributed by atoms with Crippen LogP contribution >= 0.6 is 11.6 Å². The van der Waals surface area contributed by atoms with Crippen molar-refractivity contribution in [1.82, 2.24) is 4.90 Å². The summed E-state index contributed by atoms with van der Waals surface area (Å²) in [6.07, 6.45) is 5.82. The smallest absolute Gasteiger partial charge is 0.0583 e. The zero-order valence-electron chi connectivity index (χ0n) is 11.3. The molecule has 3 atom stereocenters. The minimum atomic E-state index is -0.0733. The average Bonchev–Trinajstić information content (AvgIpc) is 3.01. The maximum absolute atomic E-state index is 10.1. The quantitative estimate of drug-likeness (QED) is 0.916. The number of rotatable bonds is 3. The van der Waals surface area contributed by atoms with Crippen LogP contribution in [-0.4, -0.2) is 28.7 Å². The van der Waals surface area contributed by atoms with Gasteiger partial charge in [0.25, 0.3) is 0 Å². The summed E-state index contributed by atoms with van der Waals surface area (Å²) in [7, 11) is 0. The number of likely N-dealkylation sites (tertiary alicyclic amines) is 1. The van der Waals surface area contributed by atoms with E-state index in [2.05, 4.69) is 17.0 Å². The van der Waals surface area contributed by atoms with Crippen LogP contribution in [0.2, 0.25) is 5.02 Å². The lowest BCUT2D eigenvalue weighted by molar-refractivity contribution is 0.0719. The predicted molar refractivity (Wildman–Crippen MR) is 78.2 cm³/mol. The van der Waals surface area contributed by atoms with Gasteiger partial charge in [-0.25, -0.2) is 0 Å². The Labute approximate surface area is 120 Å². The number of hydrogen-bond donors (Lipinski definition) is 1. The molecule has 1 N–H and O–H groups in total. The Morgan fingerprint density at radius 2 is 1.89 bits per heavy atom. The van der Waals surface area contributed by atoms with Gasteiger partial charge in [-0.1, -0.05) is 30.2 Å². The fourth-order valence-electron chi connectivity index (χ4n) is 3.78. The van der Waals surface area contributed by atoms with Crippen LogP contribution in [0.3, 0.4) is 0 Å². The number of benzene rings is 1. The van der Waals surface area contributed by atoms with Gasteiger partial charge in [-0.3, -0.25) is 4.90 Å². The molecule has 0 spiro atoms. The third-order valence-electron chi connectivity index (χ3n) is 4.74. The Hall–Kier alpha value is -0.570. The van der Waals surface area contributed by atoms with Gasteiger partial charge in [0.1, 0.15) is 0 Å². The Bertz CT molecular complexity index is 419. The van der Waals surface area contributed by atoms with Crippen LogP contribution in [0.15, 0.2) is 24.3 Å². The third-order valence-corrected chi connectivity index (χ3v) is 4.99. The van der Waals surface area contributed by atoms with Crippen molar-refractivity contribution in [3.63, 3.8) is 0 Å². The van der Waals surface area contributed by atoms with Crippen molar-refractivity contribution in [3.8, 4) is 0 Å². The van der Waals surface area contributed by atoms with E-state index in [0.29, 0.717) is 12.0 Å². The maximum atomic E-state index is 10.1. The van der Waals surface area contributed by atoms with E-state index in [1.54, 1.807) is 0 Å². The number of hydrogen-bond acceptors (Lipinski definition) is 2. The number of nitrogens with zero attached hydrogens (tertiary/aromatic N) is 1. The lowest BCUT2D eigenvalue weighted by Crippen LogP contribution is -2.38. The summed E-state index contributed by atoms with van der Waals surface area (Å²) in [5.41, 5.74) is 1.32. The summed E-state index contributed by atoms with van der Waals surface area (Å²) in [5.74, 6) is 0.495. The second-order valence-electron chi connectivity index (χ2n) is 5.97. The fourth-order valence-corrected chi connectivity index (χ4v) is 3.90. The van der Waals surface area contributed by atoms with E-state index in [9.17, 15) is 5.11 Å². The molecule has 2 nitrogen and oxygen atoms in total. The summed E-state index contributed by atoms with van der Waals surface area (Å²) in [5, 5.41) is 10.9. The van der Waals surface area contributed by atoms with Gasteiger partial charge in [-0.2, -0.15) is 0 Å². The van der Waals surface area contributed by atoms with Crippen molar-refractivity contribution in [3.05, 3.63) is 34.9 Å². The second-order valence-corrected chi connectivity index (χ2v) is 6.41. The van der Waals surface area contributed by atoms with Crippen LogP contribution in [0.4, 0.5) is 0 Å². The highest BCUT2D eigenvalue weighted by atomic mass is 35.5. The molecular weight excluding hydrogens is 258 g/mol. The van der Waals surface area contributed by atoms with Crippen molar-refractivity contribution < 1.29 is 5.11 Å². The van der Waals surface area contributed by atoms with E-state index >= 15 is 0 Å². The molecule has 0 amide bonds. The van der Waals surface area contributed by atoms with Gasteiger partial charge < -0.3 is 5.11 Å². The first-order valence-electron chi connectivity index (χ1n) is 7.40. The van der Waals surface area contributed by atoms with Crippen LogP contribution in [0, 0.1) is 5.92 Å². The van der Waals surface area contributed by atoms with Gasteiger partial charge in [0.05, 0.1) is 6.10 Å². The highest BCUT2D eigenvalue weighted by Gasteiger charge is 2.37. The summed E-state index contributed by atoms with van der Waals surface area (Å²) < 4.78 is 0. The SMILES string of the molecule is OC1CCCC1C1CCCN1Cc1ccc(Cl)cc1. The van der Waals surface area contributed by atoms with Crippen molar-refractivity contribution in [2.45, 2.75) is 50.8 Å². The van der Waals surface area contributed by atoms with E-state index in [1.165, 1.54) is 31.2 Å². The summed E-state index contributed by atoms with van der Waals surface area (Å²) in [6.45, 7) is 2.15. The molecule has 104 valence electrons. The van der Waals surface area contributed by atoms with Gasteiger partial charge in [0.2, 0.25) is 0 Å². The first-order chi connectivity index (χ1) is 9.24. The highest BCUT2D eigenvalue weighted by Crippen LogP contribution is 2.36. The number of aliphatic hydroxyl groups is 1. The van der Waals surface area contributed by atoms with Gasteiger partial charge in [-0.05, 0) is 49.9 Å². The molecule has 1 saturated carbocycles. The van der Waals surface area contributed by atoms with E-state index in [4.69, 9.17) is 11.6 Å². The van der Waals surface area contributed by atoms with E-state index in [1.807, 2.05) is 12.1 Å². The molecule has 2 aliphatic rings. The van der Waals surface area contributed by atoms with E-state index < -0.39 is 0 Å². The van der Waals surface area contributed by atoms with Gasteiger partial charge in [0.15, 0.2) is 0 Å². The lowest BCUT2D eigenvalue weighted by atomic mass is 9.94. The van der Waals surface area contributed by atoms with Crippen molar-refractivity contribution in [2.75, 3.05) is 6.54 Å². The molecule has 1 aliphatic heterocycles. The first kappa shape index (κ1) is 13.4.